The first-order valence-electron chi connectivity index (χ1n) is 5.18. The monoisotopic (exact) mass is 256 g/mol. The van der Waals surface area contributed by atoms with Gasteiger partial charge < -0.3 is 10.2 Å². The number of rotatable bonds is 2. The fourth-order valence-corrected chi connectivity index (χ4v) is 1.04. The Balaban J connectivity index is 0.000000433. The molecule has 0 heterocycles. The smallest absolute Gasteiger partial charge is 0.335 e. The van der Waals surface area contributed by atoms with E-state index in [9.17, 15) is 9.59 Å². The lowest BCUT2D eigenvalue weighted by Crippen LogP contribution is -2.01. The summed E-state index contributed by atoms with van der Waals surface area (Å²) in [5.41, 5.74) is -0.0372. The molecule has 1 aromatic carbocycles. The van der Waals surface area contributed by atoms with Crippen LogP contribution in [0.15, 0.2) is 24.3 Å². The Bertz CT molecular complexity index is 353. The number of hydrogen-bond acceptors (Lipinski definition) is 2. The van der Waals surface area contributed by atoms with Gasteiger partial charge in [0, 0.05) is 0 Å². The average Bonchev–Trinajstić information content (AvgIpc) is 2.15. The Morgan fingerprint density at radius 2 is 1.24 bits per heavy atom. The molecule has 1 unspecified atom stereocenters. The van der Waals surface area contributed by atoms with Crippen molar-refractivity contribution in [2.24, 2.45) is 0 Å². The molecule has 1 aromatic rings. The molecule has 1 aliphatic rings. The number of carboxylic acids is 2. The molecule has 4 nitrogen and oxygen atoms in total. The Labute approximate surface area is 103 Å². The van der Waals surface area contributed by atoms with Gasteiger partial charge in [-0.3, -0.25) is 0 Å². The predicted molar refractivity (Wildman–Crippen MR) is 69.9 cm³/mol. The van der Waals surface area contributed by atoms with Gasteiger partial charge in [-0.15, -0.1) is 0 Å². The van der Waals surface area contributed by atoms with Gasteiger partial charge >= 0.3 is 11.9 Å². The average molecular weight is 256 g/mol. The van der Waals surface area contributed by atoms with Gasteiger partial charge in [-0.2, -0.15) is 9.90 Å². The predicted octanol–water partition coefficient (Wildman–Crippen LogP) is 2.70. The van der Waals surface area contributed by atoms with Gasteiger partial charge in [-0.1, -0.05) is 31.7 Å². The summed E-state index contributed by atoms with van der Waals surface area (Å²) in [7, 11) is 0. The second-order valence-electron chi connectivity index (χ2n) is 3.61. The summed E-state index contributed by atoms with van der Waals surface area (Å²) in [5, 5.41) is 17.0. The summed E-state index contributed by atoms with van der Waals surface area (Å²) in [4.78, 5) is 20.8. The quantitative estimate of drug-likeness (QED) is 0.798. The van der Waals surface area contributed by atoms with Crippen LogP contribution in [0, 0.1) is 0 Å². The van der Waals surface area contributed by atoms with Crippen LogP contribution in [0.1, 0.15) is 46.4 Å². The Morgan fingerprint density at radius 3 is 1.47 bits per heavy atom. The Hall–Kier alpha value is -1.41. The molecule has 0 aromatic heterocycles. The van der Waals surface area contributed by atoms with Crippen LogP contribution in [0.4, 0.5) is 0 Å². The number of carboxylic acid groups (broad SMARTS) is 2. The van der Waals surface area contributed by atoms with E-state index in [1.165, 1.54) is 43.9 Å². The molecule has 17 heavy (non-hydrogen) atoms. The first-order valence-corrected chi connectivity index (χ1v) is 5.18. The Kier molecular flexibility index (Phi) is 7.15. The van der Waals surface area contributed by atoms with Crippen molar-refractivity contribution in [3.63, 3.8) is 0 Å². The van der Waals surface area contributed by atoms with Gasteiger partial charge in [0.2, 0.25) is 0 Å². The van der Waals surface area contributed by atoms with E-state index in [4.69, 9.17) is 10.2 Å². The van der Waals surface area contributed by atoms with Crippen molar-refractivity contribution in [1.82, 2.24) is 0 Å². The summed E-state index contributed by atoms with van der Waals surface area (Å²) in [6.45, 7) is 0. The van der Waals surface area contributed by atoms with E-state index in [-0.39, 0.29) is 21.0 Å². The summed E-state index contributed by atoms with van der Waals surface area (Å²) < 4.78 is 0. The molecule has 0 radical (unpaired) electrons. The fourth-order valence-electron chi connectivity index (χ4n) is 1.04. The minimum Gasteiger partial charge on any atom is -0.478 e. The third kappa shape index (κ3) is 5.45. The molecule has 0 aliphatic heterocycles. The largest absolute Gasteiger partial charge is 0.478 e. The van der Waals surface area contributed by atoms with Crippen molar-refractivity contribution >= 4 is 21.8 Å². The molecule has 2 N–H and O–H groups in total. The maximum absolute atomic E-state index is 10.4. The SMILES string of the molecule is C1CCC1.O=C(O)c1cccc(C(=O)O)c1.P. The summed E-state index contributed by atoms with van der Waals surface area (Å²) in [5.74, 6) is -2.25. The number of aromatic carboxylic acids is 2. The zero-order valence-corrected chi connectivity index (χ0v) is 11.0. The fraction of sp³-hybridized carbons (Fsp3) is 0.333. The molecule has 1 atom stereocenters. The third-order valence-electron chi connectivity index (χ3n) is 2.36. The van der Waals surface area contributed by atoms with Crippen LogP contribution in [0.5, 0.6) is 0 Å². The lowest BCUT2D eigenvalue weighted by Gasteiger charge is -2.05. The van der Waals surface area contributed by atoms with E-state index in [0.717, 1.165) is 6.07 Å². The zero-order chi connectivity index (χ0) is 12.0. The highest BCUT2D eigenvalue weighted by molar-refractivity contribution is 6.92. The first-order chi connectivity index (χ1) is 7.61. The minimum atomic E-state index is -1.13. The van der Waals surface area contributed by atoms with Gasteiger partial charge in [0.1, 0.15) is 0 Å². The molecule has 1 fully saturated rings. The topological polar surface area (TPSA) is 74.6 Å². The molecular weight excluding hydrogens is 239 g/mol. The molecule has 0 saturated heterocycles. The van der Waals surface area contributed by atoms with E-state index in [1.54, 1.807) is 0 Å². The Morgan fingerprint density at radius 1 is 0.882 bits per heavy atom. The molecule has 0 amide bonds. The van der Waals surface area contributed by atoms with Crippen LogP contribution in [-0.2, 0) is 0 Å². The van der Waals surface area contributed by atoms with Gasteiger partial charge in [0.25, 0.3) is 0 Å². The van der Waals surface area contributed by atoms with E-state index in [0.29, 0.717) is 0 Å². The van der Waals surface area contributed by atoms with Crippen LogP contribution in [0.25, 0.3) is 0 Å². The van der Waals surface area contributed by atoms with Crippen molar-refractivity contribution in [3.05, 3.63) is 35.4 Å². The number of hydrogen-bond donors (Lipinski definition) is 2. The third-order valence-corrected chi connectivity index (χ3v) is 2.36. The van der Waals surface area contributed by atoms with E-state index in [1.807, 2.05) is 0 Å². The van der Waals surface area contributed by atoms with Gasteiger partial charge in [0.05, 0.1) is 11.1 Å². The van der Waals surface area contributed by atoms with Crippen molar-refractivity contribution in [1.29, 1.82) is 0 Å². The molecule has 2 rings (SSSR count). The maximum Gasteiger partial charge on any atom is 0.335 e. The molecule has 5 heteroatoms. The second kappa shape index (κ2) is 7.80. The van der Waals surface area contributed by atoms with E-state index >= 15 is 0 Å². The normalized spacial score (nSPS) is 12.2. The summed E-state index contributed by atoms with van der Waals surface area (Å²) in [6, 6.07) is 5.20. The second-order valence-corrected chi connectivity index (χ2v) is 3.61. The van der Waals surface area contributed by atoms with Crippen molar-refractivity contribution in [2.45, 2.75) is 25.7 Å². The van der Waals surface area contributed by atoms with Crippen molar-refractivity contribution in [3.8, 4) is 0 Å². The van der Waals surface area contributed by atoms with E-state index in [2.05, 4.69) is 0 Å². The van der Waals surface area contributed by atoms with Crippen LogP contribution in [0.2, 0.25) is 0 Å². The van der Waals surface area contributed by atoms with Crippen LogP contribution in [0.3, 0.4) is 0 Å². The molecule has 1 saturated carbocycles. The van der Waals surface area contributed by atoms with Crippen LogP contribution in [-0.4, -0.2) is 22.2 Å². The van der Waals surface area contributed by atoms with Gasteiger partial charge in [0.15, 0.2) is 0 Å². The van der Waals surface area contributed by atoms with Crippen LogP contribution < -0.4 is 0 Å². The van der Waals surface area contributed by atoms with Crippen LogP contribution >= 0.6 is 9.90 Å². The zero-order valence-electron chi connectivity index (χ0n) is 9.56. The highest BCUT2D eigenvalue weighted by Crippen LogP contribution is 2.15. The molecule has 94 valence electrons. The molecule has 1 aliphatic carbocycles. The summed E-state index contributed by atoms with van der Waals surface area (Å²) >= 11 is 0. The number of benzene rings is 1. The summed E-state index contributed by atoms with van der Waals surface area (Å²) in [6.07, 6.45) is 6.00. The van der Waals surface area contributed by atoms with Gasteiger partial charge in [-0.05, 0) is 18.2 Å². The lowest BCUT2D eigenvalue weighted by molar-refractivity contribution is 0.0696. The lowest BCUT2D eigenvalue weighted by atomic mass is 10.0. The minimum absolute atomic E-state index is 0. The highest BCUT2D eigenvalue weighted by atomic mass is 31.0. The molecule has 0 spiro atoms. The first kappa shape index (κ1) is 15.6. The maximum atomic E-state index is 10.4. The standard InChI is InChI=1S/C8H6O4.C4H8.H3P/c9-7(10)5-2-1-3-6(4-5)8(11)12;1-2-4-3-1;/h1-4H,(H,9,10)(H,11,12);1-4H2;1H3. The molecular formula is C12H17O4P. The van der Waals surface area contributed by atoms with Crippen molar-refractivity contribution < 1.29 is 19.8 Å². The van der Waals surface area contributed by atoms with Crippen molar-refractivity contribution in [2.75, 3.05) is 0 Å². The number of carbonyl (C=O) groups is 2. The van der Waals surface area contributed by atoms with Gasteiger partial charge in [-0.25, -0.2) is 9.59 Å². The highest BCUT2D eigenvalue weighted by Gasteiger charge is 2.06. The van der Waals surface area contributed by atoms with E-state index < -0.39 is 11.9 Å². The molecule has 0 bridgehead atoms.